The zero-order chi connectivity index (χ0) is 18.1. The number of hydrogen-bond donors (Lipinski definition) is 1. The first-order valence-corrected chi connectivity index (χ1v) is 9.09. The molecule has 0 amide bonds. The Labute approximate surface area is 154 Å². The van der Waals surface area contributed by atoms with Crippen molar-refractivity contribution in [1.82, 2.24) is 10.2 Å². The molecule has 0 saturated heterocycles. The van der Waals surface area contributed by atoms with Gasteiger partial charge in [0.1, 0.15) is 18.2 Å². The number of hydrogen-bond acceptors (Lipinski definition) is 3. The van der Waals surface area contributed by atoms with Crippen LogP contribution in [-0.2, 0) is 13.2 Å². The molecule has 0 aliphatic heterocycles. The standard InChI is InChI=1S/C20H26ClFN2O/c1-3-24(4-2)12-11-23-14-17-13-18(21)9-10-20(17)25-15-16-7-5-6-8-19(16)22/h5-10,13,23H,3-4,11-12,14-15H2,1-2H3. The van der Waals surface area contributed by atoms with E-state index >= 15 is 0 Å². The molecule has 0 saturated carbocycles. The number of benzene rings is 2. The molecule has 0 aliphatic rings. The van der Waals surface area contributed by atoms with Crippen molar-refractivity contribution in [3.63, 3.8) is 0 Å². The summed E-state index contributed by atoms with van der Waals surface area (Å²) in [6.07, 6.45) is 0. The molecular weight excluding hydrogens is 339 g/mol. The first kappa shape index (κ1) is 19.7. The SMILES string of the molecule is CCN(CC)CCNCc1cc(Cl)ccc1OCc1ccccc1F. The fraction of sp³-hybridized carbons (Fsp3) is 0.400. The highest BCUT2D eigenvalue weighted by Gasteiger charge is 2.08. The van der Waals surface area contributed by atoms with E-state index in [0.717, 1.165) is 37.5 Å². The lowest BCUT2D eigenvalue weighted by molar-refractivity contribution is 0.292. The van der Waals surface area contributed by atoms with E-state index in [9.17, 15) is 4.39 Å². The molecule has 136 valence electrons. The molecule has 0 bridgehead atoms. The van der Waals surface area contributed by atoms with Crippen LogP contribution >= 0.6 is 11.6 Å². The van der Waals surface area contributed by atoms with E-state index in [0.29, 0.717) is 17.1 Å². The molecule has 0 heterocycles. The van der Waals surface area contributed by atoms with Gasteiger partial charge in [0.2, 0.25) is 0 Å². The minimum absolute atomic E-state index is 0.195. The minimum Gasteiger partial charge on any atom is -0.488 e. The normalized spacial score (nSPS) is 11.1. The molecule has 0 radical (unpaired) electrons. The van der Waals surface area contributed by atoms with Crippen molar-refractivity contribution in [2.45, 2.75) is 27.0 Å². The van der Waals surface area contributed by atoms with Crippen molar-refractivity contribution in [2.75, 3.05) is 26.2 Å². The fourth-order valence-electron chi connectivity index (χ4n) is 2.60. The van der Waals surface area contributed by atoms with Gasteiger partial charge in [-0.15, -0.1) is 0 Å². The van der Waals surface area contributed by atoms with Crippen LogP contribution in [-0.4, -0.2) is 31.1 Å². The minimum atomic E-state index is -0.254. The molecule has 0 aromatic heterocycles. The lowest BCUT2D eigenvalue weighted by Crippen LogP contribution is -2.31. The van der Waals surface area contributed by atoms with Crippen LogP contribution in [0.25, 0.3) is 0 Å². The van der Waals surface area contributed by atoms with Crippen LogP contribution in [0.15, 0.2) is 42.5 Å². The van der Waals surface area contributed by atoms with Gasteiger partial charge in [0.15, 0.2) is 0 Å². The Kier molecular flexibility index (Phi) is 8.19. The van der Waals surface area contributed by atoms with Crippen LogP contribution < -0.4 is 10.1 Å². The van der Waals surface area contributed by atoms with E-state index in [-0.39, 0.29) is 12.4 Å². The van der Waals surface area contributed by atoms with E-state index in [4.69, 9.17) is 16.3 Å². The molecule has 3 nitrogen and oxygen atoms in total. The van der Waals surface area contributed by atoms with Crippen molar-refractivity contribution >= 4 is 11.6 Å². The lowest BCUT2D eigenvalue weighted by Gasteiger charge is -2.18. The van der Waals surface area contributed by atoms with Crippen molar-refractivity contribution in [2.24, 2.45) is 0 Å². The molecule has 0 unspecified atom stereocenters. The topological polar surface area (TPSA) is 24.5 Å². The zero-order valence-electron chi connectivity index (χ0n) is 14.9. The highest BCUT2D eigenvalue weighted by Crippen LogP contribution is 2.24. The first-order chi connectivity index (χ1) is 12.1. The number of rotatable bonds is 10. The largest absolute Gasteiger partial charge is 0.488 e. The molecule has 5 heteroatoms. The van der Waals surface area contributed by atoms with Crippen molar-refractivity contribution < 1.29 is 9.13 Å². The number of nitrogens with one attached hydrogen (secondary N) is 1. The number of ether oxygens (including phenoxy) is 1. The predicted octanol–water partition coefficient (Wildman–Crippen LogP) is 4.49. The molecule has 2 rings (SSSR count). The molecule has 25 heavy (non-hydrogen) atoms. The molecule has 1 N–H and O–H groups in total. The molecule has 2 aromatic rings. The van der Waals surface area contributed by atoms with Crippen LogP contribution in [0, 0.1) is 5.82 Å². The molecule has 0 fully saturated rings. The maximum atomic E-state index is 13.7. The van der Waals surface area contributed by atoms with Gasteiger partial charge in [-0.1, -0.05) is 43.6 Å². The fourth-order valence-corrected chi connectivity index (χ4v) is 2.79. The molecular formula is C20H26ClFN2O. The first-order valence-electron chi connectivity index (χ1n) is 8.71. The second-order valence-corrected chi connectivity index (χ2v) is 6.27. The van der Waals surface area contributed by atoms with Crippen molar-refractivity contribution in [1.29, 1.82) is 0 Å². The van der Waals surface area contributed by atoms with Crippen LogP contribution in [0.1, 0.15) is 25.0 Å². The maximum Gasteiger partial charge on any atom is 0.129 e. The molecule has 0 spiro atoms. The highest BCUT2D eigenvalue weighted by molar-refractivity contribution is 6.30. The Morgan fingerprint density at radius 1 is 1.08 bits per heavy atom. The average Bonchev–Trinajstić information content (AvgIpc) is 2.62. The Morgan fingerprint density at radius 3 is 2.56 bits per heavy atom. The van der Waals surface area contributed by atoms with Gasteiger partial charge >= 0.3 is 0 Å². The van der Waals surface area contributed by atoms with Gasteiger partial charge < -0.3 is 15.0 Å². The van der Waals surface area contributed by atoms with Gasteiger partial charge in [-0.05, 0) is 37.4 Å². The van der Waals surface area contributed by atoms with Crippen LogP contribution in [0.4, 0.5) is 4.39 Å². The molecule has 0 atom stereocenters. The number of likely N-dealkylation sites (N-methyl/N-ethyl adjacent to an activating group) is 1. The highest BCUT2D eigenvalue weighted by atomic mass is 35.5. The van der Waals surface area contributed by atoms with E-state index in [1.165, 1.54) is 6.07 Å². The summed E-state index contributed by atoms with van der Waals surface area (Å²) in [6.45, 7) is 9.16. The summed E-state index contributed by atoms with van der Waals surface area (Å²) in [5, 5.41) is 4.09. The molecule has 0 aliphatic carbocycles. The number of nitrogens with zero attached hydrogens (tertiary/aromatic N) is 1. The maximum absolute atomic E-state index is 13.7. The quantitative estimate of drug-likeness (QED) is 0.629. The summed E-state index contributed by atoms with van der Waals surface area (Å²) in [5.41, 5.74) is 1.52. The Morgan fingerprint density at radius 2 is 1.84 bits per heavy atom. The molecule has 2 aromatic carbocycles. The monoisotopic (exact) mass is 364 g/mol. The summed E-state index contributed by atoms with van der Waals surface area (Å²) in [6, 6.07) is 12.2. The summed E-state index contributed by atoms with van der Waals surface area (Å²) >= 11 is 6.12. The third-order valence-electron chi connectivity index (χ3n) is 4.18. The van der Waals surface area contributed by atoms with Gasteiger partial charge in [-0.2, -0.15) is 0 Å². The van der Waals surface area contributed by atoms with Crippen LogP contribution in [0.2, 0.25) is 5.02 Å². The van der Waals surface area contributed by atoms with Crippen molar-refractivity contribution in [3.8, 4) is 5.75 Å². The summed E-state index contributed by atoms with van der Waals surface area (Å²) in [4.78, 5) is 2.36. The third-order valence-corrected chi connectivity index (χ3v) is 4.41. The van der Waals surface area contributed by atoms with E-state index in [1.807, 2.05) is 12.1 Å². The van der Waals surface area contributed by atoms with Gasteiger partial charge in [0, 0.05) is 35.8 Å². The smallest absolute Gasteiger partial charge is 0.129 e. The van der Waals surface area contributed by atoms with Crippen LogP contribution in [0.5, 0.6) is 5.75 Å². The van der Waals surface area contributed by atoms with Crippen LogP contribution in [0.3, 0.4) is 0 Å². The zero-order valence-corrected chi connectivity index (χ0v) is 15.7. The summed E-state index contributed by atoms with van der Waals surface area (Å²) in [7, 11) is 0. The van der Waals surface area contributed by atoms with E-state index < -0.39 is 0 Å². The Bertz CT molecular complexity index is 662. The average molecular weight is 365 g/mol. The van der Waals surface area contributed by atoms with E-state index in [2.05, 4.69) is 24.1 Å². The van der Waals surface area contributed by atoms with Gasteiger partial charge in [0.25, 0.3) is 0 Å². The van der Waals surface area contributed by atoms with Gasteiger partial charge in [-0.3, -0.25) is 0 Å². The second-order valence-electron chi connectivity index (χ2n) is 5.84. The third kappa shape index (κ3) is 6.31. The van der Waals surface area contributed by atoms with Gasteiger partial charge in [0.05, 0.1) is 0 Å². The lowest BCUT2D eigenvalue weighted by atomic mass is 10.2. The summed E-state index contributed by atoms with van der Waals surface area (Å²) < 4.78 is 19.6. The number of halogens is 2. The van der Waals surface area contributed by atoms with Gasteiger partial charge in [-0.25, -0.2) is 4.39 Å². The Balaban J connectivity index is 1.94. The Hall–Kier alpha value is -1.62. The van der Waals surface area contributed by atoms with E-state index in [1.54, 1.807) is 24.3 Å². The predicted molar refractivity (Wildman–Crippen MR) is 102 cm³/mol. The second kappa shape index (κ2) is 10.4. The summed E-state index contributed by atoms with van der Waals surface area (Å²) in [5.74, 6) is 0.471. The van der Waals surface area contributed by atoms with Crippen molar-refractivity contribution in [3.05, 3.63) is 64.4 Å².